The first-order valence-electron chi connectivity index (χ1n) is 8.02. The van der Waals surface area contributed by atoms with Crippen LogP contribution in [-0.4, -0.2) is 23.7 Å². The van der Waals surface area contributed by atoms with Crippen LogP contribution < -0.4 is 26.8 Å². The Morgan fingerprint density at radius 1 is 1.21 bits per heavy atom. The van der Waals surface area contributed by atoms with Crippen molar-refractivity contribution in [1.29, 1.82) is 10.5 Å². The van der Waals surface area contributed by atoms with Gasteiger partial charge in [-0.1, -0.05) is 12.1 Å². The van der Waals surface area contributed by atoms with Gasteiger partial charge in [-0.05, 0) is 17.7 Å². The summed E-state index contributed by atoms with van der Waals surface area (Å²) >= 11 is 0. The van der Waals surface area contributed by atoms with Gasteiger partial charge < -0.3 is 21.5 Å². The monoisotopic (exact) mass is 402 g/mol. The van der Waals surface area contributed by atoms with Crippen molar-refractivity contribution in [3.8, 4) is 18.0 Å². The number of nitrogens with two attached hydrogens (primary N) is 2. The lowest BCUT2D eigenvalue weighted by molar-refractivity contribution is -0.153. The third-order valence-corrected chi connectivity index (χ3v) is 3.96. The van der Waals surface area contributed by atoms with Gasteiger partial charge in [0.1, 0.15) is 35.1 Å². The van der Waals surface area contributed by atoms with Crippen molar-refractivity contribution in [3.63, 3.8) is 0 Å². The minimum absolute atomic E-state index is 0.0145. The van der Waals surface area contributed by atoms with Crippen molar-refractivity contribution in [2.45, 2.75) is 12.2 Å². The number of halogens is 3. The maximum Gasteiger partial charge on any atom is 0.422 e. The van der Waals surface area contributed by atoms with Crippen molar-refractivity contribution >= 4 is 23.3 Å². The second-order valence-electron chi connectivity index (χ2n) is 5.87. The molecule has 3 rings (SSSR count). The second-order valence-corrected chi connectivity index (χ2v) is 5.87. The minimum Gasteiger partial charge on any atom is -0.484 e. The van der Waals surface area contributed by atoms with Gasteiger partial charge in [0.05, 0.1) is 5.69 Å². The number of nitrogens with one attached hydrogen (secondary N) is 2. The predicted molar refractivity (Wildman–Crippen MR) is 97.4 cm³/mol. The summed E-state index contributed by atoms with van der Waals surface area (Å²) in [7, 11) is 0. The molecule has 29 heavy (non-hydrogen) atoms. The number of alkyl halides is 3. The summed E-state index contributed by atoms with van der Waals surface area (Å²) in [6.45, 7) is -1.42. The fourth-order valence-corrected chi connectivity index (χ4v) is 2.73. The van der Waals surface area contributed by atoms with E-state index in [-0.39, 0.29) is 34.6 Å². The number of hydrogen-bond donors (Lipinski definition) is 4. The summed E-state index contributed by atoms with van der Waals surface area (Å²) in [5.74, 6) is 0.192. The number of fused-ring (bicyclic) bond motifs is 1. The second kappa shape index (κ2) is 7.44. The summed E-state index contributed by atoms with van der Waals surface area (Å²) in [6, 6.07) is 6.79. The van der Waals surface area contributed by atoms with Crippen molar-refractivity contribution in [2.75, 3.05) is 23.4 Å². The molecule has 1 atom stereocenters. The van der Waals surface area contributed by atoms with Gasteiger partial charge in [-0.3, -0.25) is 5.32 Å². The van der Waals surface area contributed by atoms with E-state index in [9.17, 15) is 18.4 Å². The number of aromatic nitrogens is 1. The Balaban J connectivity index is 2.02. The molecule has 0 radical (unpaired) electrons. The zero-order valence-electron chi connectivity index (χ0n) is 14.6. The maximum atomic E-state index is 12.3. The predicted octanol–water partition coefficient (Wildman–Crippen LogP) is 2.00. The summed E-state index contributed by atoms with van der Waals surface area (Å²) < 4.78 is 41.6. The molecule has 0 fully saturated rings. The van der Waals surface area contributed by atoms with E-state index in [2.05, 4.69) is 20.6 Å². The molecule has 148 valence electrons. The number of aliphatic imine (C=N–C) groups is 1. The van der Waals surface area contributed by atoms with Gasteiger partial charge in [0.15, 0.2) is 12.8 Å². The van der Waals surface area contributed by atoms with E-state index in [1.165, 1.54) is 24.3 Å². The van der Waals surface area contributed by atoms with Crippen molar-refractivity contribution < 1.29 is 17.9 Å². The van der Waals surface area contributed by atoms with E-state index < -0.39 is 18.8 Å². The van der Waals surface area contributed by atoms with Crippen molar-refractivity contribution in [2.24, 2.45) is 4.99 Å². The molecule has 6 N–H and O–H groups in total. The van der Waals surface area contributed by atoms with Gasteiger partial charge >= 0.3 is 6.18 Å². The number of hydrogen-bond acceptors (Lipinski definition) is 9. The first kappa shape index (κ1) is 19.6. The Morgan fingerprint density at radius 3 is 2.48 bits per heavy atom. The van der Waals surface area contributed by atoms with Gasteiger partial charge in [-0.2, -0.15) is 23.7 Å². The highest BCUT2D eigenvalue weighted by Crippen LogP contribution is 2.40. The largest absolute Gasteiger partial charge is 0.484 e. The Labute approximate surface area is 162 Å². The van der Waals surface area contributed by atoms with Crippen LogP contribution in [0.2, 0.25) is 0 Å². The fraction of sp³-hybridized carbons (Fsp3) is 0.176. The smallest absolute Gasteiger partial charge is 0.422 e. The lowest BCUT2D eigenvalue weighted by atomic mass is 9.95. The lowest BCUT2D eigenvalue weighted by Gasteiger charge is -2.26. The summed E-state index contributed by atoms with van der Waals surface area (Å²) in [4.78, 5) is 8.46. The highest BCUT2D eigenvalue weighted by atomic mass is 19.4. The molecule has 1 aliphatic heterocycles. The summed E-state index contributed by atoms with van der Waals surface area (Å²) in [6.07, 6.45) is -2.74. The molecule has 0 aliphatic carbocycles. The van der Waals surface area contributed by atoms with Crippen LogP contribution in [-0.2, 0) is 0 Å². The van der Waals surface area contributed by atoms with Gasteiger partial charge in [0, 0.05) is 5.56 Å². The number of nitrogens with zero attached hydrogens (tertiary/aromatic N) is 4. The van der Waals surface area contributed by atoms with Crippen LogP contribution in [0.15, 0.2) is 29.3 Å². The molecular formula is C17H13F3N8O. The highest BCUT2D eigenvalue weighted by Gasteiger charge is 2.30. The fourth-order valence-electron chi connectivity index (χ4n) is 2.73. The quantitative estimate of drug-likeness (QED) is 0.448. The Bertz CT molecular complexity index is 1050. The Kier molecular flexibility index (Phi) is 5.02. The van der Waals surface area contributed by atoms with Crippen LogP contribution in [0.4, 0.5) is 30.5 Å². The highest BCUT2D eigenvalue weighted by molar-refractivity contribution is 5.98. The van der Waals surface area contributed by atoms with E-state index in [0.29, 0.717) is 11.1 Å². The number of rotatable bonds is 3. The molecular weight excluding hydrogens is 389 g/mol. The van der Waals surface area contributed by atoms with Crippen LogP contribution in [0.3, 0.4) is 0 Å². The topological polar surface area (TPSA) is 158 Å². The number of nitriles is 2. The van der Waals surface area contributed by atoms with E-state index in [1.807, 2.05) is 6.07 Å². The normalized spacial score (nSPS) is 15.2. The number of anilines is 3. The maximum absolute atomic E-state index is 12.3. The lowest BCUT2D eigenvalue weighted by Crippen LogP contribution is -2.32. The Hall–Kier alpha value is -4.19. The van der Waals surface area contributed by atoms with Crippen LogP contribution in [0, 0.1) is 22.8 Å². The molecule has 2 heterocycles. The average Bonchev–Trinajstić information content (AvgIpc) is 2.66. The standard InChI is InChI=1S/C17H13F3N8O/c18-17(19,20)6-29-9-3-1-8(2-4-9)13-11-12(23)10(5-21)14(24)27-15(11)28-16(26-13)25-7-22/h1-4,13H,6H2,(H6,23,24,25,26,27,28). The third-order valence-electron chi connectivity index (χ3n) is 3.96. The number of benzene rings is 1. The van der Waals surface area contributed by atoms with Crippen LogP contribution >= 0.6 is 0 Å². The van der Waals surface area contributed by atoms with E-state index in [1.54, 1.807) is 6.19 Å². The summed E-state index contributed by atoms with van der Waals surface area (Å²) in [5, 5.41) is 23.3. The van der Waals surface area contributed by atoms with Gasteiger partial charge in [-0.15, -0.1) is 0 Å². The minimum atomic E-state index is -4.46. The molecule has 9 nitrogen and oxygen atoms in total. The van der Waals surface area contributed by atoms with Crippen molar-refractivity contribution in [3.05, 3.63) is 41.0 Å². The van der Waals surface area contributed by atoms with E-state index >= 15 is 0 Å². The molecule has 1 aliphatic rings. The SMILES string of the molecule is N#CNC1=NC(c2ccc(OCC(F)(F)F)cc2)c2c(nc(N)c(C#N)c2N)N1. The average molecular weight is 402 g/mol. The van der Waals surface area contributed by atoms with E-state index in [4.69, 9.17) is 21.5 Å². The zero-order valence-corrected chi connectivity index (χ0v) is 14.6. The molecule has 12 heteroatoms. The van der Waals surface area contributed by atoms with Gasteiger partial charge in [0.2, 0.25) is 5.96 Å². The molecule has 1 aromatic carbocycles. The first-order valence-corrected chi connectivity index (χ1v) is 8.02. The van der Waals surface area contributed by atoms with Gasteiger partial charge in [-0.25, -0.2) is 9.98 Å². The third kappa shape index (κ3) is 4.06. The number of guanidine groups is 1. The molecule has 0 amide bonds. The zero-order chi connectivity index (χ0) is 21.2. The number of nitrogen functional groups attached to an aromatic ring is 2. The molecule has 2 aromatic rings. The molecule has 0 saturated heterocycles. The summed E-state index contributed by atoms with van der Waals surface area (Å²) in [5.41, 5.74) is 12.8. The van der Waals surface area contributed by atoms with Crippen LogP contribution in [0.1, 0.15) is 22.7 Å². The number of pyridine rings is 1. The van der Waals surface area contributed by atoms with Crippen molar-refractivity contribution in [1.82, 2.24) is 10.3 Å². The van der Waals surface area contributed by atoms with Crippen LogP contribution in [0.5, 0.6) is 5.75 Å². The molecule has 0 bridgehead atoms. The molecule has 1 aromatic heterocycles. The first-order chi connectivity index (χ1) is 13.7. The Morgan fingerprint density at radius 2 is 1.90 bits per heavy atom. The molecule has 0 spiro atoms. The number of ether oxygens (including phenoxy) is 1. The van der Waals surface area contributed by atoms with Crippen LogP contribution in [0.25, 0.3) is 0 Å². The molecule has 0 saturated carbocycles. The van der Waals surface area contributed by atoms with Gasteiger partial charge in [0.25, 0.3) is 0 Å². The molecule has 1 unspecified atom stereocenters. The van der Waals surface area contributed by atoms with E-state index in [0.717, 1.165) is 0 Å².